The minimum absolute atomic E-state index is 0.256. The Labute approximate surface area is 115 Å². The molecule has 1 aliphatic heterocycles. The van der Waals surface area contributed by atoms with Crippen LogP contribution in [-0.4, -0.2) is 26.1 Å². The predicted molar refractivity (Wildman–Crippen MR) is 74.7 cm³/mol. The zero-order valence-corrected chi connectivity index (χ0v) is 11.6. The summed E-state index contributed by atoms with van der Waals surface area (Å²) >= 11 is 0. The van der Waals surface area contributed by atoms with Gasteiger partial charge in [-0.1, -0.05) is 18.2 Å². The second kappa shape index (κ2) is 6.20. The summed E-state index contributed by atoms with van der Waals surface area (Å²) in [6.45, 7) is 5.34. The van der Waals surface area contributed by atoms with Gasteiger partial charge >= 0.3 is 0 Å². The van der Waals surface area contributed by atoms with E-state index >= 15 is 0 Å². The Bertz CT molecular complexity index is 412. The maximum absolute atomic E-state index is 12.6. The van der Waals surface area contributed by atoms with E-state index in [1.165, 1.54) is 0 Å². The molecule has 1 aliphatic carbocycles. The quantitative estimate of drug-likeness (QED) is 0.728. The lowest BCUT2D eigenvalue weighted by atomic mass is 9.72. The van der Waals surface area contributed by atoms with Crippen molar-refractivity contribution in [3.8, 4) is 0 Å². The van der Waals surface area contributed by atoms with Crippen molar-refractivity contribution in [2.24, 2.45) is 5.41 Å². The largest absolute Gasteiger partial charge is 0.497 e. The first-order valence-electron chi connectivity index (χ1n) is 6.87. The highest BCUT2D eigenvalue weighted by molar-refractivity contribution is 5.85. The lowest BCUT2D eigenvalue weighted by Gasteiger charge is -2.35. The second-order valence-electron chi connectivity index (χ2n) is 5.32. The summed E-state index contributed by atoms with van der Waals surface area (Å²) in [5.74, 6) is 1.15. The average Bonchev–Trinajstić information content (AvgIpc) is 2.45. The van der Waals surface area contributed by atoms with Crippen LogP contribution in [0.25, 0.3) is 0 Å². The standard InChI is InChI=1S/C16H22O3/c1-13-3-5-14(18-2)7-8-16(15(17)6-4-13)9-11-19-12-10-16/h3,5,7H,1,4,6,8-12H2,2H3/b5-3-,14-7+. The predicted octanol–water partition coefficient (Wildman–Crippen LogP) is 3.18. The van der Waals surface area contributed by atoms with Crippen molar-refractivity contribution in [2.45, 2.75) is 32.1 Å². The minimum atomic E-state index is -0.256. The number of allylic oxidation sites excluding steroid dienone is 4. The molecule has 2 aliphatic rings. The van der Waals surface area contributed by atoms with Crippen LogP contribution >= 0.6 is 0 Å². The lowest BCUT2D eigenvalue weighted by molar-refractivity contribution is -0.134. The molecule has 2 rings (SSSR count). The number of ketones is 1. The molecule has 0 aromatic heterocycles. The van der Waals surface area contributed by atoms with Gasteiger partial charge in [-0.15, -0.1) is 0 Å². The molecule has 0 saturated carbocycles. The molecule has 0 atom stereocenters. The van der Waals surface area contributed by atoms with Crippen LogP contribution in [0.15, 0.2) is 36.1 Å². The number of Topliss-reactive ketones (excluding diaryl/α,β-unsaturated/α-hetero) is 1. The zero-order valence-electron chi connectivity index (χ0n) is 11.6. The topological polar surface area (TPSA) is 35.5 Å². The molecule has 104 valence electrons. The van der Waals surface area contributed by atoms with Crippen molar-refractivity contribution in [1.82, 2.24) is 0 Å². The fourth-order valence-corrected chi connectivity index (χ4v) is 2.70. The fraction of sp³-hybridized carbons (Fsp3) is 0.562. The third-order valence-corrected chi connectivity index (χ3v) is 4.13. The van der Waals surface area contributed by atoms with Crippen molar-refractivity contribution in [2.75, 3.05) is 20.3 Å². The van der Waals surface area contributed by atoms with E-state index in [0.29, 0.717) is 25.4 Å². The van der Waals surface area contributed by atoms with E-state index in [1.807, 2.05) is 18.2 Å². The van der Waals surface area contributed by atoms with Gasteiger partial charge in [-0.05, 0) is 37.8 Å². The maximum atomic E-state index is 12.6. The van der Waals surface area contributed by atoms with Crippen molar-refractivity contribution >= 4 is 5.78 Å². The summed E-state index contributed by atoms with van der Waals surface area (Å²) in [6, 6.07) is 0. The summed E-state index contributed by atoms with van der Waals surface area (Å²) in [4.78, 5) is 12.6. The molecule has 1 heterocycles. The summed E-state index contributed by atoms with van der Waals surface area (Å²) in [6.07, 6.45) is 9.59. The Kier molecular flexibility index (Phi) is 4.59. The summed E-state index contributed by atoms with van der Waals surface area (Å²) in [5, 5.41) is 0. The normalized spacial score (nSPS) is 28.6. The third-order valence-electron chi connectivity index (χ3n) is 4.13. The molecule has 3 heteroatoms. The molecular weight excluding hydrogens is 240 g/mol. The molecule has 1 fully saturated rings. The van der Waals surface area contributed by atoms with E-state index in [2.05, 4.69) is 6.58 Å². The van der Waals surface area contributed by atoms with Crippen molar-refractivity contribution in [3.63, 3.8) is 0 Å². The monoisotopic (exact) mass is 262 g/mol. The van der Waals surface area contributed by atoms with Crippen LogP contribution in [0.5, 0.6) is 0 Å². The average molecular weight is 262 g/mol. The highest BCUT2D eigenvalue weighted by Crippen LogP contribution is 2.38. The fourth-order valence-electron chi connectivity index (χ4n) is 2.70. The molecule has 1 spiro atoms. The number of ether oxygens (including phenoxy) is 2. The van der Waals surface area contributed by atoms with Gasteiger partial charge in [0.25, 0.3) is 0 Å². The van der Waals surface area contributed by atoms with Gasteiger partial charge < -0.3 is 9.47 Å². The van der Waals surface area contributed by atoms with E-state index in [1.54, 1.807) is 7.11 Å². The number of carbonyl (C=O) groups excluding carboxylic acids is 1. The van der Waals surface area contributed by atoms with Gasteiger partial charge in [0.1, 0.15) is 11.5 Å². The van der Waals surface area contributed by atoms with Crippen molar-refractivity contribution < 1.29 is 14.3 Å². The van der Waals surface area contributed by atoms with Crippen LogP contribution in [0.3, 0.4) is 0 Å². The molecule has 0 aromatic rings. The first-order chi connectivity index (χ1) is 9.16. The summed E-state index contributed by atoms with van der Waals surface area (Å²) in [7, 11) is 1.66. The van der Waals surface area contributed by atoms with Crippen LogP contribution < -0.4 is 0 Å². The Balaban J connectivity index is 2.26. The Morgan fingerprint density at radius 2 is 2.00 bits per heavy atom. The van der Waals surface area contributed by atoms with Gasteiger partial charge in [0.15, 0.2) is 0 Å². The first-order valence-corrected chi connectivity index (χ1v) is 6.87. The lowest BCUT2D eigenvalue weighted by Crippen LogP contribution is -2.37. The second-order valence-corrected chi connectivity index (χ2v) is 5.32. The van der Waals surface area contributed by atoms with Crippen LogP contribution in [0, 0.1) is 5.41 Å². The van der Waals surface area contributed by atoms with Gasteiger partial charge in [-0.2, -0.15) is 0 Å². The van der Waals surface area contributed by atoms with E-state index in [-0.39, 0.29) is 5.41 Å². The molecule has 0 bridgehead atoms. The SMILES string of the molecule is C=C1/C=C\C(OC)=C/CC2(CCOCC2)C(=O)CC1. The first kappa shape index (κ1) is 14.1. The van der Waals surface area contributed by atoms with E-state index < -0.39 is 0 Å². The molecule has 1 saturated heterocycles. The Morgan fingerprint density at radius 1 is 1.26 bits per heavy atom. The molecular formula is C16H22O3. The highest BCUT2D eigenvalue weighted by Gasteiger charge is 2.38. The summed E-state index contributed by atoms with van der Waals surface area (Å²) < 4.78 is 10.7. The molecule has 0 amide bonds. The van der Waals surface area contributed by atoms with Gasteiger partial charge in [0, 0.05) is 25.0 Å². The smallest absolute Gasteiger partial charge is 0.139 e. The number of hydrogen-bond donors (Lipinski definition) is 0. The van der Waals surface area contributed by atoms with E-state index in [0.717, 1.165) is 37.0 Å². The van der Waals surface area contributed by atoms with Crippen molar-refractivity contribution in [3.05, 3.63) is 36.1 Å². The molecule has 0 aromatic carbocycles. The van der Waals surface area contributed by atoms with Crippen molar-refractivity contribution in [1.29, 1.82) is 0 Å². The molecule has 19 heavy (non-hydrogen) atoms. The number of hydrogen-bond acceptors (Lipinski definition) is 3. The van der Waals surface area contributed by atoms with Gasteiger partial charge in [0.05, 0.1) is 7.11 Å². The number of methoxy groups -OCH3 is 1. The molecule has 0 N–H and O–H groups in total. The van der Waals surface area contributed by atoms with Crippen LogP contribution in [0.1, 0.15) is 32.1 Å². The zero-order chi connectivity index (χ0) is 13.7. The Morgan fingerprint density at radius 3 is 2.68 bits per heavy atom. The van der Waals surface area contributed by atoms with Gasteiger partial charge in [0.2, 0.25) is 0 Å². The summed E-state index contributed by atoms with van der Waals surface area (Å²) in [5.41, 5.74) is 0.716. The highest BCUT2D eigenvalue weighted by atomic mass is 16.5. The maximum Gasteiger partial charge on any atom is 0.139 e. The van der Waals surface area contributed by atoms with Gasteiger partial charge in [-0.25, -0.2) is 0 Å². The number of rotatable bonds is 1. The Hall–Kier alpha value is -1.35. The molecule has 0 radical (unpaired) electrons. The molecule has 0 unspecified atom stereocenters. The third kappa shape index (κ3) is 3.35. The van der Waals surface area contributed by atoms with Crippen LogP contribution in [-0.2, 0) is 14.3 Å². The van der Waals surface area contributed by atoms with E-state index in [9.17, 15) is 4.79 Å². The minimum Gasteiger partial charge on any atom is -0.497 e. The van der Waals surface area contributed by atoms with Crippen LogP contribution in [0.2, 0.25) is 0 Å². The molecule has 3 nitrogen and oxygen atoms in total. The van der Waals surface area contributed by atoms with Gasteiger partial charge in [-0.3, -0.25) is 4.79 Å². The number of carbonyl (C=O) groups is 1. The van der Waals surface area contributed by atoms with Crippen LogP contribution in [0.4, 0.5) is 0 Å². The van der Waals surface area contributed by atoms with E-state index in [4.69, 9.17) is 9.47 Å².